The molecule has 1 aromatic heterocycles. The maximum absolute atomic E-state index is 12.8. The highest BCUT2D eigenvalue weighted by molar-refractivity contribution is 5.85. The van der Waals surface area contributed by atoms with Gasteiger partial charge >= 0.3 is 6.18 Å². The number of fused-ring (bicyclic) bond motifs is 1. The number of rotatable bonds is 4. The molecule has 146 valence electrons. The first kappa shape index (κ1) is 18.3. The predicted molar refractivity (Wildman–Crippen MR) is 97.7 cm³/mol. The number of nitrogens with zero attached hydrogens (tertiary/aromatic N) is 2. The van der Waals surface area contributed by atoms with Crippen LogP contribution in [0.3, 0.4) is 0 Å². The fourth-order valence-electron chi connectivity index (χ4n) is 3.42. The largest absolute Gasteiger partial charge is 0.423 e. The zero-order valence-electron chi connectivity index (χ0n) is 14.9. The Hall–Kier alpha value is -3.03. The standard InChI is InChI=1S/C20H18F3N3O2/c21-20(22,23)14-6-3-5-13(11-14)12-24-18(27)16-8-4-10-26(16)19-25-15-7-1-2-9-17(15)28-19/h1-3,5-7,9,11,16H,4,8,10,12H2,(H,24,27)/t16-/m1/s1. The second-order valence-electron chi connectivity index (χ2n) is 6.73. The number of carbonyl (C=O) groups is 1. The van der Waals surface area contributed by atoms with Crippen LogP contribution in [-0.4, -0.2) is 23.5 Å². The summed E-state index contributed by atoms with van der Waals surface area (Å²) in [6.45, 7) is 0.662. The third-order valence-corrected chi connectivity index (χ3v) is 4.80. The van der Waals surface area contributed by atoms with Crippen molar-refractivity contribution in [2.24, 2.45) is 0 Å². The quantitative estimate of drug-likeness (QED) is 0.729. The third-order valence-electron chi connectivity index (χ3n) is 4.80. The lowest BCUT2D eigenvalue weighted by molar-refractivity contribution is -0.137. The lowest BCUT2D eigenvalue weighted by Gasteiger charge is -2.22. The van der Waals surface area contributed by atoms with E-state index in [4.69, 9.17) is 4.42 Å². The molecule has 4 rings (SSSR count). The summed E-state index contributed by atoms with van der Waals surface area (Å²) in [4.78, 5) is 18.9. The summed E-state index contributed by atoms with van der Waals surface area (Å²) in [5.41, 5.74) is 1.03. The summed E-state index contributed by atoms with van der Waals surface area (Å²) in [6.07, 6.45) is -2.97. The molecule has 3 aromatic rings. The van der Waals surface area contributed by atoms with Crippen LogP contribution >= 0.6 is 0 Å². The number of carbonyl (C=O) groups excluding carboxylic acids is 1. The van der Waals surface area contributed by atoms with Crippen molar-refractivity contribution in [1.29, 1.82) is 0 Å². The molecule has 0 unspecified atom stereocenters. The first-order chi connectivity index (χ1) is 13.4. The number of hydrogen-bond acceptors (Lipinski definition) is 4. The molecule has 28 heavy (non-hydrogen) atoms. The Morgan fingerprint density at radius 2 is 2.04 bits per heavy atom. The van der Waals surface area contributed by atoms with Crippen molar-refractivity contribution >= 4 is 23.0 Å². The van der Waals surface area contributed by atoms with E-state index in [0.29, 0.717) is 35.6 Å². The number of para-hydroxylation sites is 2. The summed E-state index contributed by atoms with van der Waals surface area (Å²) in [5.74, 6) is -0.253. The molecule has 0 spiro atoms. The summed E-state index contributed by atoms with van der Waals surface area (Å²) in [5, 5.41) is 2.74. The van der Waals surface area contributed by atoms with E-state index in [2.05, 4.69) is 10.3 Å². The number of oxazole rings is 1. The second-order valence-corrected chi connectivity index (χ2v) is 6.73. The van der Waals surface area contributed by atoms with Gasteiger partial charge in [-0.1, -0.05) is 24.3 Å². The van der Waals surface area contributed by atoms with E-state index in [1.54, 1.807) is 6.07 Å². The van der Waals surface area contributed by atoms with Crippen molar-refractivity contribution in [3.05, 3.63) is 59.7 Å². The minimum atomic E-state index is -4.41. The number of amides is 1. The van der Waals surface area contributed by atoms with Crippen LogP contribution in [0.2, 0.25) is 0 Å². The number of benzene rings is 2. The minimum Gasteiger partial charge on any atom is -0.423 e. The van der Waals surface area contributed by atoms with Crippen molar-refractivity contribution in [2.75, 3.05) is 11.4 Å². The van der Waals surface area contributed by atoms with Crippen molar-refractivity contribution in [3.8, 4) is 0 Å². The highest BCUT2D eigenvalue weighted by Gasteiger charge is 2.34. The monoisotopic (exact) mass is 389 g/mol. The van der Waals surface area contributed by atoms with Gasteiger partial charge in [-0.2, -0.15) is 18.2 Å². The molecular formula is C20H18F3N3O2. The SMILES string of the molecule is O=C(NCc1cccc(C(F)(F)F)c1)[C@H]1CCCN1c1nc2ccccc2o1. The van der Waals surface area contributed by atoms with Crippen molar-refractivity contribution in [3.63, 3.8) is 0 Å². The molecule has 2 heterocycles. The molecule has 2 aromatic carbocycles. The first-order valence-corrected chi connectivity index (χ1v) is 8.98. The van der Waals surface area contributed by atoms with Crippen LogP contribution in [0.25, 0.3) is 11.1 Å². The van der Waals surface area contributed by atoms with Gasteiger partial charge in [-0.3, -0.25) is 4.79 Å². The molecule has 1 aliphatic rings. The molecule has 1 fully saturated rings. The summed E-state index contributed by atoms with van der Waals surface area (Å²) in [7, 11) is 0. The molecule has 1 saturated heterocycles. The van der Waals surface area contributed by atoms with Gasteiger partial charge in [-0.05, 0) is 42.7 Å². The van der Waals surface area contributed by atoms with Gasteiger partial charge in [0.2, 0.25) is 5.91 Å². The number of anilines is 1. The number of hydrogen-bond donors (Lipinski definition) is 1. The highest BCUT2D eigenvalue weighted by atomic mass is 19.4. The van der Waals surface area contributed by atoms with Gasteiger partial charge < -0.3 is 14.6 Å². The first-order valence-electron chi connectivity index (χ1n) is 8.98. The molecule has 5 nitrogen and oxygen atoms in total. The average molecular weight is 389 g/mol. The number of alkyl halides is 3. The lowest BCUT2D eigenvalue weighted by Crippen LogP contribution is -2.43. The van der Waals surface area contributed by atoms with Gasteiger partial charge in [0.1, 0.15) is 11.6 Å². The molecule has 8 heteroatoms. The van der Waals surface area contributed by atoms with Crippen LogP contribution in [-0.2, 0) is 17.5 Å². The molecule has 0 saturated carbocycles. The zero-order chi connectivity index (χ0) is 19.7. The number of aromatic nitrogens is 1. The van der Waals surface area contributed by atoms with E-state index in [1.165, 1.54) is 6.07 Å². The molecular weight excluding hydrogens is 371 g/mol. The summed E-state index contributed by atoms with van der Waals surface area (Å²) in [6, 6.07) is 12.2. The van der Waals surface area contributed by atoms with Crippen LogP contribution in [0.4, 0.5) is 19.2 Å². The van der Waals surface area contributed by atoms with E-state index in [0.717, 1.165) is 18.6 Å². The van der Waals surface area contributed by atoms with Gasteiger partial charge in [0.25, 0.3) is 6.01 Å². The Balaban J connectivity index is 1.45. The summed E-state index contributed by atoms with van der Waals surface area (Å²) < 4.78 is 44.2. The van der Waals surface area contributed by atoms with Crippen LogP contribution in [0, 0.1) is 0 Å². The Kier molecular flexibility index (Phi) is 4.70. The van der Waals surface area contributed by atoms with Crippen LogP contribution in [0.1, 0.15) is 24.0 Å². The molecule has 1 aliphatic heterocycles. The molecule has 1 amide bonds. The normalized spacial score (nSPS) is 17.2. The fourth-order valence-corrected chi connectivity index (χ4v) is 3.42. The second kappa shape index (κ2) is 7.18. The number of halogens is 3. The molecule has 0 radical (unpaired) electrons. The van der Waals surface area contributed by atoms with E-state index in [1.807, 2.05) is 29.2 Å². The van der Waals surface area contributed by atoms with E-state index in [-0.39, 0.29) is 12.5 Å². The van der Waals surface area contributed by atoms with Gasteiger partial charge in [-0.25, -0.2) is 0 Å². The van der Waals surface area contributed by atoms with E-state index in [9.17, 15) is 18.0 Å². The zero-order valence-corrected chi connectivity index (χ0v) is 14.9. The van der Waals surface area contributed by atoms with Crippen LogP contribution in [0.15, 0.2) is 52.9 Å². The molecule has 0 aliphatic carbocycles. The van der Waals surface area contributed by atoms with Gasteiger partial charge in [0, 0.05) is 13.1 Å². The van der Waals surface area contributed by atoms with Crippen LogP contribution in [0.5, 0.6) is 0 Å². The summed E-state index contributed by atoms with van der Waals surface area (Å²) >= 11 is 0. The fraction of sp³-hybridized carbons (Fsp3) is 0.300. The molecule has 0 bridgehead atoms. The van der Waals surface area contributed by atoms with E-state index < -0.39 is 17.8 Å². The number of nitrogens with one attached hydrogen (secondary N) is 1. The van der Waals surface area contributed by atoms with Crippen LogP contribution < -0.4 is 10.2 Å². The maximum atomic E-state index is 12.8. The molecule has 1 N–H and O–H groups in total. The Morgan fingerprint density at radius 3 is 2.82 bits per heavy atom. The smallest absolute Gasteiger partial charge is 0.416 e. The third kappa shape index (κ3) is 3.67. The highest BCUT2D eigenvalue weighted by Crippen LogP contribution is 2.30. The van der Waals surface area contributed by atoms with Gasteiger partial charge in [0.05, 0.1) is 5.56 Å². The predicted octanol–water partition coefficient (Wildman–Crippen LogP) is 4.13. The Morgan fingerprint density at radius 1 is 1.21 bits per heavy atom. The van der Waals surface area contributed by atoms with Gasteiger partial charge in [-0.15, -0.1) is 0 Å². The topological polar surface area (TPSA) is 58.4 Å². The Bertz CT molecular complexity index is 967. The maximum Gasteiger partial charge on any atom is 0.416 e. The average Bonchev–Trinajstić information content (AvgIpc) is 3.32. The molecule has 1 atom stereocenters. The van der Waals surface area contributed by atoms with Crippen molar-refractivity contribution < 1.29 is 22.4 Å². The minimum absolute atomic E-state index is 0.0284. The lowest BCUT2D eigenvalue weighted by atomic mass is 10.1. The Labute approximate surface area is 159 Å². The van der Waals surface area contributed by atoms with Crippen molar-refractivity contribution in [2.45, 2.75) is 31.6 Å². The van der Waals surface area contributed by atoms with Gasteiger partial charge in [0.15, 0.2) is 5.58 Å². The van der Waals surface area contributed by atoms with E-state index >= 15 is 0 Å². The van der Waals surface area contributed by atoms with Crippen molar-refractivity contribution in [1.82, 2.24) is 10.3 Å².